The topological polar surface area (TPSA) is 93.4 Å². The summed E-state index contributed by atoms with van der Waals surface area (Å²) in [6.07, 6.45) is 1.46. The van der Waals surface area contributed by atoms with E-state index in [1.807, 2.05) is 37.3 Å². The Morgan fingerprint density at radius 1 is 1.38 bits per heavy atom. The van der Waals surface area contributed by atoms with Crippen LogP contribution in [0.3, 0.4) is 0 Å². The molecule has 0 aromatic heterocycles. The van der Waals surface area contributed by atoms with Crippen LogP contribution in [-0.4, -0.2) is 35.1 Å². The average Bonchev–Trinajstić information content (AvgIpc) is 2.58. The number of hydrogen-bond acceptors (Lipinski definition) is 3. The molecule has 2 rings (SSSR count). The van der Waals surface area contributed by atoms with Crippen LogP contribution < -0.4 is 5.32 Å². The van der Waals surface area contributed by atoms with Crippen LogP contribution >= 0.6 is 0 Å². The lowest BCUT2D eigenvalue weighted by atomic mass is 9.91. The Balaban J connectivity index is 2.06. The summed E-state index contributed by atoms with van der Waals surface area (Å²) in [5, 5.41) is 21.0. The van der Waals surface area contributed by atoms with E-state index in [1.165, 1.54) is 0 Å². The first-order valence-corrected chi connectivity index (χ1v) is 8.21. The van der Waals surface area contributed by atoms with E-state index in [9.17, 15) is 14.7 Å². The maximum absolute atomic E-state index is 12.6. The third-order valence-corrected chi connectivity index (χ3v) is 4.34. The van der Waals surface area contributed by atoms with E-state index in [4.69, 9.17) is 5.26 Å². The summed E-state index contributed by atoms with van der Waals surface area (Å²) >= 11 is 0. The van der Waals surface area contributed by atoms with Gasteiger partial charge in [0.1, 0.15) is 0 Å². The zero-order chi connectivity index (χ0) is 17.5. The average molecular weight is 329 g/mol. The first-order chi connectivity index (χ1) is 11.5. The molecular weight excluding hydrogens is 306 g/mol. The highest BCUT2D eigenvalue weighted by Crippen LogP contribution is 2.23. The fourth-order valence-corrected chi connectivity index (χ4v) is 3.15. The minimum absolute atomic E-state index is 0.153. The standard InChI is InChI=1S/C18H23N3O3/c1-13-10-15(17(22)23)12-21(11-13)18(24)20-16(8-5-9-19)14-6-3-2-4-7-14/h2-4,6-7,13,15-16H,5,8,10-12H2,1H3,(H,20,24)(H,22,23). The normalized spacial score (nSPS) is 21.6. The Labute approximate surface area is 142 Å². The fourth-order valence-electron chi connectivity index (χ4n) is 3.15. The van der Waals surface area contributed by atoms with Gasteiger partial charge in [-0.15, -0.1) is 0 Å². The van der Waals surface area contributed by atoms with Gasteiger partial charge in [0, 0.05) is 19.5 Å². The molecule has 0 bridgehead atoms. The molecule has 1 fully saturated rings. The Kier molecular flexibility index (Phi) is 6.19. The van der Waals surface area contributed by atoms with Gasteiger partial charge in [0.15, 0.2) is 0 Å². The minimum Gasteiger partial charge on any atom is -0.481 e. The number of benzene rings is 1. The lowest BCUT2D eigenvalue weighted by Gasteiger charge is -2.35. The molecule has 1 aromatic carbocycles. The molecular formula is C18H23N3O3. The second kappa shape index (κ2) is 8.34. The number of hydrogen-bond donors (Lipinski definition) is 2. The molecule has 1 aromatic rings. The largest absolute Gasteiger partial charge is 0.481 e. The highest BCUT2D eigenvalue weighted by molar-refractivity contribution is 5.77. The van der Waals surface area contributed by atoms with Crippen LogP contribution in [0.15, 0.2) is 30.3 Å². The maximum Gasteiger partial charge on any atom is 0.317 e. The van der Waals surface area contributed by atoms with Crippen molar-refractivity contribution in [2.45, 2.75) is 32.2 Å². The van der Waals surface area contributed by atoms with Crippen molar-refractivity contribution >= 4 is 12.0 Å². The molecule has 6 nitrogen and oxygen atoms in total. The zero-order valence-electron chi connectivity index (χ0n) is 13.8. The van der Waals surface area contributed by atoms with Crippen LogP contribution in [0.1, 0.15) is 37.8 Å². The van der Waals surface area contributed by atoms with Gasteiger partial charge in [0.05, 0.1) is 18.0 Å². The smallest absolute Gasteiger partial charge is 0.317 e. The number of aliphatic carboxylic acids is 1. The van der Waals surface area contributed by atoms with Crippen LogP contribution in [0.4, 0.5) is 4.79 Å². The molecule has 2 amide bonds. The van der Waals surface area contributed by atoms with Gasteiger partial charge in [-0.1, -0.05) is 37.3 Å². The molecule has 0 radical (unpaired) electrons. The van der Waals surface area contributed by atoms with Crippen LogP contribution in [0.5, 0.6) is 0 Å². The summed E-state index contributed by atoms with van der Waals surface area (Å²) in [7, 11) is 0. The number of rotatable bonds is 5. The Morgan fingerprint density at radius 3 is 2.71 bits per heavy atom. The number of nitrogens with zero attached hydrogens (tertiary/aromatic N) is 2. The number of nitriles is 1. The van der Waals surface area contributed by atoms with Crippen molar-refractivity contribution < 1.29 is 14.7 Å². The van der Waals surface area contributed by atoms with E-state index in [2.05, 4.69) is 11.4 Å². The highest BCUT2D eigenvalue weighted by Gasteiger charge is 2.32. The Hall–Kier alpha value is -2.55. The zero-order valence-corrected chi connectivity index (χ0v) is 13.8. The number of carbonyl (C=O) groups excluding carboxylic acids is 1. The summed E-state index contributed by atoms with van der Waals surface area (Å²) < 4.78 is 0. The second-order valence-corrected chi connectivity index (χ2v) is 6.39. The molecule has 0 saturated carbocycles. The molecule has 1 aliphatic rings. The van der Waals surface area contributed by atoms with E-state index in [1.54, 1.807) is 4.90 Å². The molecule has 128 valence electrons. The Morgan fingerprint density at radius 2 is 2.08 bits per heavy atom. The number of urea groups is 1. The van der Waals surface area contributed by atoms with E-state index in [0.29, 0.717) is 25.8 Å². The van der Waals surface area contributed by atoms with Crippen LogP contribution in [0.25, 0.3) is 0 Å². The first kappa shape index (κ1) is 17.8. The van der Waals surface area contributed by atoms with E-state index < -0.39 is 11.9 Å². The van der Waals surface area contributed by atoms with E-state index in [-0.39, 0.29) is 24.5 Å². The van der Waals surface area contributed by atoms with Gasteiger partial charge in [-0.05, 0) is 24.3 Å². The van der Waals surface area contributed by atoms with Gasteiger partial charge in [0.2, 0.25) is 0 Å². The fraction of sp³-hybridized carbons (Fsp3) is 0.500. The molecule has 2 N–H and O–H groups in total. The lowest BCUT2D eigenvalue weighted by Crippen LogP contribution is -2.50. The number of carbonyl (C=O) groups is 2. The third-order valence-electron chi connectivity index (χ3n) is 4.34. The van der Waals surface area contributed by atoms with Gasteiger partial charge >= 0.3 is 12.0 Å². The molecule has 0 aliphatic carbocycles. The predicted octanol–water partition coefficient (Wildman–Crippen LogP) is 2.78. The van der Waals surface area contributed by atoms with Crippen molar-refractivity contribution in [3.63, 3.8) is 0 Å². The third kappa shape index (κ3) is 4.72. The van der Waals surface area contributed by atoms with Crippen molar-refractivity contribution in [1.82, 2.24) is 10.2 Å². The van der Waals surface area contributed by atoms with Crippen molar-refractivity contribution in [3.05, 3.63) is 35.9 Å². The van der Waals surface area contributed by atoms with Gasteiger partial charge < -0.3 is 15.3 Å². The van der Waals surface area contributed by atoms with E-state index >= 15 is 0 Å². The van der Waals surface area contributed by atoms with Gasteiger partial charge in [0.25, 0.3) is 0 Å². The summed E-state index contributed by atoms with van der Waals surface area (Å²) in [5.74, 6) is -1.22. The predicted molar refractivity (Wildman–Crippen MR) is 89.0 cm³/mol. The summed E-state index contributed by atoms with van der Waals surface area (Å²) in [6, 6.07) is 11.1. The van der Waals surface area contributed by atoms with E-state index in [0.717, 1.165) is 5.56 Å². The van der Waals surface area contributed by atoms with Crippen LogP contribution in [0, 0.1) is 23.2 Å². The molecule has 0 spiro atoms. The molecule has 24 heavy (non-hydrogen) atoms. The number of piperidine rings is 1. The lowest BCUT2D eigenvalue weighted by molar-refractivity contribution is -0.143. The van der Waals surface area contributed by atoms with Gasteiger partial charge in [-0.3, -0.25) is 4.79 Å². The molecule has 3 unspecified atom stereocenters. The van der Waals surface area contributed by atoms with Crippen molar-refractivity contribution in [1.29, 1.82) is 5.26 Å². The molecule has 1 aliphatic heterocycles. The SMILES string of the molecule is CC1CC(C(=O)O)CN(C(=O)NC(CCC#N)c2ccccc2)C1. The number of amides is 2. The van der Waals surface area contributed by atoms with Crippen molar-refractivity contribution in [2.24, 2.45) is 11.8 Å². The van der Waals surface area contributed by atoms with Gasteiger partial charge in [-0.25, -0.2) is 4.79 Å². The molecule has 1 heterocycles. The summed E-state index contributed by atoms with van der Waals surface area (Å²) in [6.45, 7) is 2.74. The van der Waals surface area contributed by atoms with Gasteiger partial charge in [-0.2, -0.15) is 5.26 Å². The summed E-state index contributed by atoms with van der Waals surface area (Å²) in [5.41, 5.74) is 0.945. The second-order valence-electron chi connectivity index (χ2n) is 6.39. The molecule has 1 saturated heterocycles. The quantitative estimate of drug-likeness (QED) is 0.868. The van der Waals surface area contributed by atoms with Crippen molar-refractivity contribution in [3.8, 4) is 6.07 Å². The summed E-state index contributed by atoms with van der Waals surface area (Å²) in [4.78, 5) is 25.4. The maximum atomic E-state index is 12.6. The highest BCUT2D eigenvalue weighted by atomic mass is 16.4. The monoisotopic (exact) mass is 329 g/mol. The number of likely N-dealkylation sites (tertiary alicyclic amines) is 1. The molecule has 3 atom stereocenters. The molecule has 6 heteroatoms. The number of carboxylic acid groups (broad SMARTS) is 1. The van der Waals surface area contributed by atoms with Crippen LogP contribution in [0.2, 0.25) is 0 Å². The van der Waals surface area contributed by atoms with Crippen LogP contribution in [-0.2, 0) is 4.79 Å². The number of nitrogens with one attached hydrogen (secondary N) is 1. The Bertz CT molecular complexity index is 612. The number of carboxylic acids is 1. The minimum atomic E-state index is -0.858. The first-order valence-electron chi connectivity index (χ1n) is 8.21. The van der Waals surface area contributed by atoms with Crippen molar-refractivity contribution in [2.75, 3.05) is 13.1 Å².